The van der Waals surface area contributed by atoms with Gasteiger partial charge in [0.25, 0.3) is 0 Å². The number of phenols is 1. The van der Waals surface area contributed by atoms with Gasteiger partial charge in [-0.25, -0.2) is 0 Å². The molecule has 1 atom stereocenters. The van der Waals surface area contributed by atoms with Gasteiger partial charge in [-0.2, -0.15) is 0 Å². The molecule has 0 amide bonds. The molecule has 0 radical (unpaired) electrons. The van der Waals surface area contributed by atoms with Gasteiger partial charge in [-0.3, -0.25) is 4.79 Å². The minimum atomic E-state index is -1.02. The Kier molecular flexibility index (Phi) is 6.50. The van der Waals surface area contributed by atoms with Crippen molar-refractivity contribution in [3.63, 3.8) is 0 Å². The SMILES string of the molecule is NC(Cc1ccc(O)cc1)C(=O)O.[BaH2]. The summed E-state index contributed by atoms with van der Waals surface area (Å²) >= 11 is 0. The number of aliphatic carboxylic acids is 1. The Balaban J connectivity index is 0.00000169. The van der Waals surface area contributed by atoms with E-state index in [0.29, 0.717) is 0 Å². The molecule has 0 spiro atoms. The molecule has 1 rings (SSSR count). The number of carboxylic acids is 1. The van der Waals surface area contributed by atoms with Crippen LogP contribution in [0.5, 0.6) is 5.75 Å². The summed E-state index contributed by atoms with van der Waals surface area (Å²) in [6.45, 7) is 0. The van der Waals surface area contributed by atoms with Crippen LogP contribution in [0.3, 0.4) is 0 Å². The van der Waals surface area contributed by atoms with Gasteiger partial charge >= 0.3 is 54.9 Å². The van der Waals surface area contributed by atoms with Crippen LogP contribution in [0.1, 0.15) is 5.56 Å². The van der Waals surface area contributed by atoms with Crippen molar-refractivity contribution in [2.75, 3.05) is 0 Å². The summed E-state index contributed by atoms with van der Waals surface area (Å²) in [6.07, 6.45) is 0.273. The Morgan fingerprint density at radius 3 is 2.29 bits per heavy atom. The zero-order valence-corrected chi connectivity index (χ0v) is 6.97. The molecule has 0 heterocycles. The molecule has 1 aromatic rings. The fourth-order valence-corrected chi connectivity index (χ4v) is 0.973. The van der Waals surface area contributed by atoms with E-state index in [0.717, 1.165) is 5.56 Å². The molecule has 4 nitrogen and oxygen atoms in total. The molecule has 0 fully saturated rings. The van der Waals surface area contributed by atoms with Crippen LogP contribution in [0.2, 0.25) is 0 Å². The van der Waals surface area contributed by atoms with Gasteiger partial charge in [0.2, 0.25) is 0 Å². The predicted octanol–water partition coefficient (Wildman–Crippen LogP) is -0.570. The van der Waals surface area contributed by atoms with Gasteiger partial charge in [-0.15, -0.1) is 0 Å². The second kappa shape index (κ2) is 6.49. The third kappa shape index (κ3) is 4.50. The van der Waals surface area contributed by atoms with Gasteiger partial charge in [-0.1, -0.05) is 12.1 Å². The summed E-state index contributed by atoms with van der Waals surface area (Å²) in [5, 5.41) is 17.5. The second-order valence-corrected chi connectivity index (χ2v) is 2.82. The molecule has 0 aliphatic carbocycles. The second-order valence-electron chi connectivity index (χ2n) is 2.82. The fourth-order valence-electron chi connectivity index (χ4n) is 0.973. The van der Waals surface area contributed by atoms with Crippen molar-refractivity contribution in [3.05, 3.63) is 29.8 Å². The molecule has 74 valence electrons. The Morgan fingerprint density at radius 2 is 1.86 bits per heavy atom. The van der Waals surface area contributed by atoms with Crippen LogP contribution in [-0.4, -0.2) is 71.1 Å². The van der Waals surface area contributed by atoms with E-state index in [2.05, 4.69) is 0 Å². The van der Waals surface area contributed by atoms with Crippen LogP contribution in [0.4, 0.5) is 0 Å². The van der Waals surface area contributed by atoms with E-state index < -0.39 is 12.0 Å². The Bertz CT molecular complexity index is 299. The summed E-state index contributed by atoms with van der Waals surface area (Å²) in [4.78, 5) is 10.4. The van der Waals surface area contributed by atoms with E-state index in [1.54, 1.807) is 12.1 Å². The molecular formula is C9H13BaNO3. The summed E-state index contributed by atoms with van der Waals surface area (Å²) < 4.78 is 0. The molecule has 5 heteroatoms. The molecule has 0 saturated carbocycles. The molecule has 0 aromatic heterocycles. The molecular weight excluding hydrogens is 307 g/mol. The molecule has 0 bridgehead atoms. The first-order valence-electron chi connectivity index (χ1n) is 3.86. The zero-order valence-electron chi connectivity index (χ0n) is 6.97. The quantitative estimate of drug-likeness (QED) is 0.651. The van der Waals surface area contributed by atoms with E-state index in [9.17, 15) is 4.79 Å². The van der Waals surface area contributed by atoms with Gasteiger partial charge in [-0.05, 0) is 24.1 Å². The summed E-state index contributed by atoms with van der Waals surface area (Å²) in [7, 11) is 0. The number of rotatable bonds is 3. The Hall–Kier alpha value is 0.0214. The average Bonchev–Trinajstić information content (AvgIpc) is 2.08. The van der Waals surface area contributed by atoms with E-state index in [-0.39, 0.29) is 61.1 Å². The first-order valence-corrected chi connectivity index (χ1v) is 3.86. The van der Waals surface area contributed by atoms with Gasteiger partial charge in [0.15, 0.2) is 0 Å². The number of carbonyl (C=O) groups is 1. The predicted molar refractivity (Wildman–Crippen MR) is 56.0 cm³/mol. The number of aromatic hydroxyl groups is 1. The van der Waals surface area contributed by atoms with Crippen molar-refractivity contribution < 1.29 is 15.0 Å². The van der Waals surface area contributed by atoms with Crippen LogP contribution in [0.25, 0.3) is 0 Å². The molecule has 0 aliphatic heterocycles. The molecule has 0 saturated heterocycles. The maximum atomic E-state index is 10.4. The van der Waals surface area contributed by atoms with Gasteiger partial charge in [0.05, 0.1) is 0 Å². The maximum absolute atomic E-state index is 10.4. The molecule has 1 unspecified atom stereocenters. The van der Waals surface area contributed by atoms with Crippen molar-refractivity contribution in [1.82, 2.24) is 0 Å². The number of benzene rings is 1. The van der Waals surface area contributed by atoms with E-state index in [4.69, 9.17) is 15.9 Å². The van der Waals surface area contributed by atoms with E-state index in [1.165, 1.54) is 12.1 Å². The summed E-state index contributed by atoms with van der Waals surface area (Å²) in [5.74, 6) is -0.860. The summed E-state index contributed by atoms with van der Waals surface area (Å²) in [6, 6.07) is 5.42. The monoisotopic (exact) mass is 321 g/mol. The normalized spacial score (nSPS) is 11.5. The average molecular weight is 321 g/mol. The Morgan fingerprint density at radius 1 is 1.36 bits per heavy atom. The third-order valence-corrected chi connectivity index (χ3v) is 1.71. The van der Waals surface area contributed by atoms with Crippen LogP contribution in [0.15, 0.2) is 24.3 Å². The zero-order chi connectivity index (χ0) is 9.84. The minimum absolute atomic E-state index is 0. The van der Waals surface area contributed by atoms with Gasteiger partial charge in [0.1, 0.15) is 11.8 Å². The molecule has 1 aromatic carbocycles. The van der Waals surface area contributed by atoms with E-state index in [1.807, 2.05) is 0 Å². The molecule has 14 heavy (non-hydrogen) atoms. The van der Waals surface area contributed by atoms with Gasteiger partial charge in [0, 0.05) is 0 Å². The number of phenolic OH excluding ortho intramolecular Hbond substituents is 1. The third-order valence-electron chi connectivity index (χ3n) is 1.71. The first kappa shape index (κ1) is 14.0. The molecule has 0 aliphatic rings. The van der Waals surface area contributed by atoms with Crippen molar-refractivity contribution in [2.24, 2.45) is 5.73 Å². The van der Waals surface area contributed by atoms with Crippen molar-refractivity contribution in [3.8, 4) is 5.75 Å². The van der Waals surface area contributed by atoms with Crippen molar-refractivity contribution >= 4 is 54.9 Å². The molecule has 4 N–H and O–H groups in total. The number of hydrogen-bond acceptors (Lipinski definition) is 3. The topological polar surface area (TPSA) is 83.5 Å². The van der Waals surface area contributed by atoms with Crippen LogP contribution in [0, 0.1) is 0 Å². The van der Waals surface area contributed by atoms with Crippen molar-refractivity contribution in [2.45, 2.75) is 12.5 Å². The van der Waals surface area contributed by atoms with Crippen LogP contribution < -0.4 is 5.73 Å². The van der Waals surface area contributed by atoms with Crippen molar-refractivity contribution in [1.29, 1.82) is 0 Å². The van der Waals surface area contributed by atoms with Gasteiger partial charge < -0.3 is 15.9 Å². The fraction of sp³-hybridized carbons (Fsp3) is 0.222. The number of hydrogen-bond donors (Lipinski definition) is 3. The van der Waals surface area contributed by atoms with Crippen LogP contribution in [-0.2, 0) is 11.2 Å². The van der Waals surface area contributed by atoms with E-state index >= 15 is 0 Å². The number of nitrogens with two attached hydrogens (primary N) is 1. The summed E-state index contributed by atoms with van der Waals surface area (Å²) in [5.41, 5.74) is 6.12. The number of carboxylic acid groups (broad SMARTS) is 1. The Labute approximate surface area is 122 Å². The first-order chi connectivity index (χ1) is 6.09. The van der Waals surface area contributed by atoms with Crippen LogP contribution >= 0.6 is 0 Å². The standard InChI is InChI=1S/C9H11NO3.Ba.2H/c10-8(9(12)13)5-6-1-3-7(11)4-2-6;;;/h1-4,8,11H,5,10H2,(H,12,13);;;.